The molecule has 1 fully saturated rings. The molecule has 3 unspecified atom stereocenters. The predicted octanol–water partition coefficient (Wildman–Crippen LogP) is 2.66. The third-order valence-corrected chi connectivity index (χ3v) is 4.49. The van der Waals surface area contributed by atoms with Gasteiger partial charge in [0.2, 0.25) is 0 Å². The number of nitrogens with zero attached hydrogens (tertiary/aromatic N) is 1. The maximum absolute atomic E-state index is 6.03. The molecule has 1 aromatic heterocycles. The molecule has 3 atom stereocenters. The van der Waals surface area contributed by atoms with E-state index >= 15 is 0 Å². The van der Waals surface area contributed by atoms with Gasteiger partial charge in [-0.2, -0.15) is 0 Å². The second-order valence-electron chi connectivity index (χ2n) is 5.68. The molecular weight excluding hydrogens is 236 g/mol. The van der Waals surface area contributed by atoms with Crippen LogP contribution in [0.3, 0.4) is 0 Å². The Balaban J connectivity index is 1.80. The van der Waals surface area contributed by atoms with Crippen molar-refractivity contribution in [2.24, 2.45) is 0 Å². The Morgan fingerprint density at radius 1 is 1.42 bits per heavy atom. The van der Waals surface area contributed by atoms with Crippen LogP contribution in [-0.4, -0.2) is 30.3 Å². The fourth-order valence-electron chi connectivity index (χ4n) is 3.61. The van der Waals surface area contributed by atoms with Crippen molar-refractivity contribution in [2.75, 3.05) is 13.2 Å². The molecule has 1 aliphatic carbocycles. The van der Waals surface area contributed by atoms with Crippen LogP contribution in [0.4, 0.5) is 0 Å². The van der Waals surface area contributed by atoms with Gasteiger partial charge in [0, 0.05) is 30.5 Å². The van der Waals surface area contributed by atoms with Crippen molar-refractivity contribution < 1.29 is 4.74 Å². The van der Waals surface area contributed by atoms with E-state index < -0.39 is 0 Å². The Morgan fingerprint density at radius 2 is 2.37 bits per heavy atom. The summed E-state index contributed by atoms with van der Waals surface area (Å²) in [6, 6.07) is 4.72. The molecule has 0 amide bonds. The predicted molar refractivity (Wildman–Crippen MR) is 76.4 cm³/mol. The lowest BCUT2D eigenvalue weighted by Crippen LogP contribution is -2.46. The number of pyridine rings is 1. The first-order chi connectivity index (χ1) is 9.40. The molecule has 2 heterocycles. The van der Waals surface area contributed by atoms with Gasteiger partial charge < -0.3 is 10.1 Å². The number of fused-ring (bicyclic) bond motifs is 1. The van der Waals surface area contributed by atoms with Crippen LogP contribution in [0.1, 0.15) is 49.8 Å². The second-order valence-corrected chi connectivity index (χ2v) is 5.68. The molecule has 104 valence electrons. The Labute approximate surface area is 115 Å². The summed E-state index contributed by atoms with van der Waals surface area (Å²) in [4.78, 5) is 4.64. The molecular formula is C16H24N2O. The zero-order valence-electron chi connectivity index (χ0n) is 11.8. The van der Waals surface area contributed by atoms with Gasteiger partial charge in [-0.15, -0.1) is 0 Å². The number of nitrogens with one attached hydrogen (secondary N) is 1. The van der Waals surface area contributed by atoms with Gasteiger partial charge in [-0.25, -0.2) is 0 Å². The molecule has 0 radical (unpaired) electrons. The number of aryl methyl sites for hydroxylation is 1. The average Bonchev–Trinajstić information content (AvgIpc) is 2.89. The number of likely N-dealkylation sites (N-methyl/N-ethyl adjacent to an activating group) is 1. The molecule has 1 N–H and O–H groups in total. The number of aromatic nitrogens is 1. The van der Waals surface area contributed by atoms with E-state index in [1.807, 2.05) is 6.20 Å². The van der Waals surface area contributed by atoms with E-state index in [0.717, 1.165) is 13.2 Å². The molecule has 3 heteroatoms. The van der Waals surface area contributed by atoms with Crippen LogP contribution in [0.25, 0.3) is 0 Å². The summed E-state index contributed by atoms with van der Waals surface area (Å²) in [5, 5.41) is 3.67. The third kappa shape index (κ3) is 2.67. The lowest BCUT2D eigenvalue weighted by molar-refractivity contribution is -0.0134. The van der Waals surface area contributed by atoms with Crippen LogP contribution in [0.15, 0.2) is 18.3 Å². The molecule has 2 aliphatic rings. The van der Waals surface area contributed by atoms with E-state index in [1.54, 1.807) is 0 Å². The minimum absolute atomic E-state index is 0.367. The number of rotatable bonds is 4. The quantitative estimate of drug-likeness (QED) is 0.903. The van der Waals surface area contributed by atoms with E-state index in [9.17, 15) is 0 Å². The van der Waals surface area contributed by atoms with Crippen molar-refractivity contribution in [3.8, 4) is 0 Å². The molecule has 19 heavy (non-hydrogen) atoms. The molecule has 0 aromatic carbocycles. The van der Waals surface area contributed by atoms with Gasteiger partial charge in [0.05, 0.1) is 6.10 Å². The van der Waals surface area contributed by atoms with Crippen LogP contribution >= 0.6 is 0 Å². The van der Waals surface area contributed by atoms with E-state index in [0.29, 0.717) is 18.1 Å². The average molecular weight is 260 g/mol. The van der Waals surface area contributed by atoms with Crippen molar-refractivity contribution in [3.05, 3.63) is 29.6 Å². The van der Waals surface area contributed by atoms with Crippen molar-refractivity contribution >= 4 is 0 Å². The smallest absolute Gasteiger partial charge is 0.0734 e. The molecule has 3 nitrogen and oxygen atoms in total. The number of hydrogen-bond donors (Lipinski definition) is 1. The molecule has 0 bridgehead atoms. The molecule has 3 rings (SSSR count). The highest BCUT2D eigenvalue weighted by Gasteiger charge is 2.36. The summed E-state index contributed by atoms with van der Waals surface area (Å²) in [7, 11) is 0. The van der Waals surface area contributed by atoms with E-state index in [1.165, 1.54) is 43.4 Å². The van der Waals surface area contributed by atoms with Gasteiger partial charge in [-0.1, -0.05) is 13.0 Å². The number of hydrogen-bond acceptors (Lipinski definition) is 3. The molecule has 0 saturated carbocycles. The lowest BCUT2D eigenvalue weighted by Gasteiger charge is -2.34. The van der Waals surface area contributed by atoms with Crippen LogP contribution in [0, 0.1) is 0 Å². The Kier molecular flexibility index (Phi) is 4.14. The topological polar surface area (TPSA) is 34.1 Å². The standard InChI is InChI=1S/C16H24N2O/c1-2-17-16(14-7-3-4-11-19-14)13-9-8-12-6-5-10-18-15(12)13/h5-6,10,13-14,16-17H,2-4,7-9,11H2,1H3. The monoisotopic (exact) mass is 260 g/mol. The van der Waals surface area contributed by atoms with E-state index in [2.05, 4.69) is 29.4 Å². The van der Waals surface area contributed by atoms with Crippen molar-refractivity contribution in [3.63, 3.8) is 0 Å². The van der Waals surface area contributed by atoms with Gasteiger partial charge in [0.1, 0.15) is 0 Å². The minimum atomic E-state index is 0.367. The van der Waals surface area contributed by atoms with Crippen molar-refractivity contribution in [1.82, 2.24) is 10.3 Å². The second kappa shape index (κ2) is 6.02. The first-order valence-corrected chi connectivity index (χ1v) is 7.69. The summed E-state index contributed by atoms with van der Waals surface area (Å²) < 4.78 is 6.03. The fourth-order valence-corrected chi connectivity index (χ4v) is 3.61. The summed E-state index contributed by atoms with van der Waals surface area (Å²) in [6.45, 7) is 4.11. The minimum Gasteiger partial charge on any atom is -0.377 e. The maximum atomic E-state index is 6.03. The van der Waals surface area contributed by atoms with E-state index in [-0.39, 0.29) is 0 Å². The summed E-state index contributed by atoms with van der Waals surface area (Å²) in [5.74, 6) is 0.527. The van der Waals surface area contributed by atoms with Crippen LogP contribution in [0.2, 0.25) is 0 Å². The normalized spacial score (nSPS) is 28.1. The van der Waals surface area contributed by atoms with Gasteiger partial charge in [0.25, 0.3) is 0 Å². The van der Waals surface area contributed by atoms with E-state index in [4.69, 9.17) is 4.74 Å². The highest BCUT2D eigenvalue weighted by Crippen LogP contribution is 2.36. The highest BCUT2D eigenvalue weighted by atomic mass is 16.5. The fraction of sp³-hybridized carbons (Fsp3) is 0.688. The maximum Gasteiger partial charge on any atom is 0.0734 e. The van der Waals surface area contributed by atoms with Gasteiger partial charge in [0.15, 0.2) is 0 Å². The summed E-state index contributed by atoms with van der Waals surface area (Å²) in [6.07, 6.45) is 8.39. The molecule has 1 aromatic rings. The third-order valence-electron chi connectivity index (χ3n) is 4.49. The van der Waals surface area contributed by atoms with Gasteiger partial charge in [-0.3, -0.25) is 4.98 Å². The van der Waals surface area contributed by atoms with Crippen LogP contribution < -0.4 is 5.32 Å². The van der Waals surface area contributed by atoms with Gasteiger partial charge in [-0.05, 0) is 50.3 Å². The molecule has 0 spiro atoms. The first-order valence-electron chi connectivity index (χ1n) is 7.69. The van der Waals surface area contributed by atoms with Crippen molar-refractivity contribution in [2.45, 2.75) is 57.1 Å². The zero-order chi connectivity index (χ0) is 13.1. The van der Waals surface area contributed by atoms with Gasteiger partial charge >= 0.3 is 0 Å². The number of ether oxygens (including phenoxy) is 1. The Bertz CT molecular complexity index is 415. The van der Waals surface area contributed by atoms with Crippen LogP contribution in [0.5, 0.6) is 0 Å². The summed E-state index contributed by atoms with van der Waals surface area (Å²) >= 11 is 0. The largest absolute Gasteiger partial charge is 0.377 e. The Hall–Kier alpha value is -0.930. The van der Waals surface area contributed by atoms with Crippen LogP contribution in [-0.2, 0) is 11.2 Å². The Morgan fingerprint density at radius 3 is 3.16 bits per heavy atom. The SMILES string of the molecule is CCNC(C1CCCCO1)C1CCc2cccnc21. The highest BCUT2D eigenvalue weighted by molar-refractivity contribution is 5.30. The molecule has 1 aliphatic heterocycles. The summed E-state index contributed by atoms with van der Waals surface area (Å²) in [5.41, 5.74) is 2.74. The lowest BCUT2D eigenvalue weighted by atomic mass is 9.89. The first kappa shape index (κ1) is 13.1. The van der Waals surface area contributed by atoms with Crippen molar-refractivity contribution in [1.29, 1.82) is 0 Å². The zero-order valence-corrected chi connectivity index (χ0v) is 11.8. The molecule has 1 saturated heterocycles.